The first-order valence-corrected chi connectivity index (χ1v) is 3.39. The number of hydrogen-bond acceptors (Lipinski definition) is 1. The molecule has 0 aromatic heterocycles. The molecule has 3 heteroatoms. The first-order valence-electron chi connectivity index (χ1n) is 3.01. The average Bonchev–Trinajstić information content (AvgIpc) is 1.99. The van der Waals surface area contributed by atoms with E-state index in [1.54, 1.807) is 13.0 Å². The van der Waals surface area contributed by atoms with E-state index < -0.39 is 5.82 Å². The summed E-state index contributed by atoms with van der Waals surface area (Å²) in [5.41, 5.74) is 0.520. The molecule has 0 atom stereocenters. The van der Waals surface area contributed by atoms with Crippen LogP contribution in [-0.2, 0) is 0 Å². The van der Waals surface area contributed by atoms with Crippen molar-refractivity contribution in [2.75, 3.05) is 0 Å². The van der Waals surface area contributed by atoms with E-state index in [4.69, 9.17) is 16.9 Å². The topological polar surface area (TPSA) is 23.8 Å². The number of nitriles is 1. The highest BCUT2D eigenvalue weighted by Gasteiger charge is 2.06. The number of hydrogen-bond donors (Lipinski definition) is 0. The van der Waals surface area contributed by atoms with Crippen molar-refractivity contribution in [3.8, 4) is 6.07 Å². The molecule has 1 nitrogen and oxygen atoms in total. The summed E-state index contributed by atoms with van der Waals surface area (Å²) < 4.78 is 12.7. The van der Waals surface area contributed by atoms with Crippen LogP contribution in [0.15, 0.2) is 12.1 Å². The molecule has 0 unspecified atom stereocenters. The lowest BCUT2D eigenvalue weighted by Gasteiger charge is -1.99. The van der Waals surface area contributed by atoms with Gasteiger partial charge in [-0.25, -0.2) is 4.39 Å². The molecule has 0 radical (unpaired) electrons. The van der Waals surface area contributed by atoms with E-state index >= 15 is 0 Å². The zero-order chi connectivity index (χ0) is 8.43. The van der Waals surface area contributed by atoms with Crippen LogP contribution in [-0.4, -0.2) is 0 Å². The zero-order valence-corrected chi connectivity index (χ0v) is 6.61. The van der Waals surface area contributed by atoms with Gasteiger partial charge < -0.3 is 0 Å². The third-order valence-corrected chi connectivity index (χ3v) is 1.87. The molecule has 0 spiro atoms. The second kappa shape index (κ2) is 2.89. The van der Waals surface area contributed by atoms with E-state index in [1.807, 2.05) is 0 Å². The fraction of sp³-hybridized carbons (Fsp3) is 0.125. The van der Waals surface area contributed by atoms with Crippen LogP contribution in [0.3, 0.4) is 0 Å². The molecule has 11 heavy (non-hydrogen) atoms. The van der Waals surface area contributed by atoms with E-state index in [9.17, 15) is 4.39 Å². The quantitative estimate of drug-likeness (QED) is 0.586. The molecule has 0 N–H and O–H groups in total. The fourth-order valence-corrected chi connectivity index (χ4v) is 0.948. The van der Waals surface area contributed by atoms with Gasteiger partial charge >= 0.3 is 0 Å². The first kappa shape index (κ1) is 8.03. The lowest BCUT2D eigenvalue weighted by Crippen LogP contribution is -1.88. The smallest absolute Gasteiger partial charge is 0.141 e. The predicted octanol–water partition coefficient (Wildman–Crippen LogP) is 2.66. The Morgan fingerprint density at radius 2 is 2.18 bits per heavy atom. The van der Waals surface area contributed by atoms with Gasteiger partial charge in [0.25, 0.3) is 0 Å². The van der Waals surface area contributed by atoms with E-state index in [-0.39, 0.29) is 5.56 Å². The zero-order valence-electron chi connectivity index (χ0n) is 5.86. The molecule has 0 aliphatic rings. The Hall–Kier alpha value is -1.07. The Labute approximate surface area is 69.0 Å². The van der Waals surface area contributed by atoms with Gasteiger partial charge in [0.15, 0.2) is 0 Å². The van der Waals surface area contributed by atoms with Gasteiger partial charge in [-0.1, -0.05) is 11.6 Å². The van der Waals surface area contributed by atoms with Crippen LogP contribution in [0.25, 0.3) is 0 Å². The van der Waals surface area contributed by atoms with Crippen LogP contribution >= 0.6 is 11.6 Å². The molecule has 0 heterocycles. The average molecular weight is 170 g/mol. The molecule has 1 aromatic rings. The van der Waals surface area contributed by atoms with Crippen LogP contribution in [0.4, 0.5) is 4.39 Å². The molecule has 0 fully saturated rings. The highest BCUT2D eigenvalue weighted by Crippen LogP contribution is 2.20. The second-order valence-corrected chi connectivity index (χ2v) is 2.55. The summed E-state index contributed by atoms with van der Waals surface area (Å²) in [7, 11) is 0. The molecule has 0 amide bonds. The number of halogens is 2. The minimum Gasteiger partial charge on any atom is -0.206 e. The summed E-state index contributed by atoms with van der Waals surface area (Å²) in [5.74, 6) is -0.519. The largest absolute Gasteiger partial charge is 0.206 e. The maximum Gasteiger partial charge on any atom is 0.141 e. The molecule has 1 rings (SSSR count). The molecular weight excluding hydrogens is 165 g/mol. The van der Waals surface area contributed by atoms with Gasteiger partial charge in [0.2, 0.25) is 0 Å². The third-order valence-electron chi connectivity index (χ3n) is 1.46. The van der Waals surface area contributed by atoms with Gasteiger partial charge in [0.1, 0.15) is 11.9 Å². The molecule has 0 aliphatic carbocycles. The SMILES string of the molecule is Cc1c(Cl)ccc(F)c1C#N. The summed E-state index contributed by atoms with van der Waals surface area (Å²) in [4.78, 5) is 0. The van der Waals surface area contributed by atoms with Crippen LogP contribution in [0.5, 0.6) is 0 Å². The number of benzene rings is 1. The molecule has 1 aromatic carbocycles. The maximum absolute atomic E-state index is 12.7. The van der Waals surface area contributed by atoms with E-state index in [0.29, 0.717) is 10.6 Å². The number of rotatable bonds is 0. The van der Waals surface area contributed by atoms with Crippen LogP contribution in [0.2, 0.25) is 5.02 Å². The van der Waals surface area contributed by atoms with Crippen molar-refractivity contribution in [3.63, 3.8) is 0 Å². The van der Waals surface area contributed by atoms with Gasteiger partial charge in [0.05, 0.1) is 5.56 Å². The maximum atomic E-state index is 12.7. The minimum atomic E-state index is -0.519. The van der Waals surface area contributed by atoms with Crippen molar-refractivity contribution in [2.45, 2.75) is 6.92 Å². The molecule has 0 bridgehead atoms. The van der Waals surface area contributed by atoms with E-state index in [1.165, 1.54) is 12.1 Å². The minimum absolute atomic E-state index is 0.0255. The second-order valence-electron chi connectivity index (χ2n) is 2.14. The van der Waals surface area contributed by atoms with Crippen molar-refractivity contribution < 1.29 is 4.39 Å². The molecule has 56 valence electrons. The highest BCUT2D eigenvalue weighted by molar-refractivity contribution is 6.31. The summed E-state index contributed by atoms with van der Waals surface area (Å²) in [6.07, 6.45) is 0. The van der Waals surface area contributed by atoms with E-state index in [0.717, 1.165) is 0 Å². The van der Waals surface area contributed by atoms with Crippen molar-refractivity contribution >= 4 is 11.6 Å². The highest BCUT2D eigenvalue weighted by atomic mass is 35.5. The van der Waals surface area contributed by atoms with Gasteiger partial charge in [-0.15, -0.1) is 0 Å². The third kappa shape index (κ3) is 1.33. The standard InChI is InChI=1S/C8H5ClFN/c1-5-6(4-11)8(10)3-2-7(5)9/h2-3H,1H3. The predicted molar refractivity (Wildman–Crippen MR) is 40.9 cm³/mol. The first-order chi connectivity index (χ1) is 5.16. The van der Waals surface area contributed by atoms with Crippen LogP contribution < -0.4 is 0 Å². The normalized spacial score (nSPS) is 9.27. The van der Waals surface area contributed by atoms with Crippen molar-refractivity contribution in [2.24, 2.45) is 0 Å². The lowest BCUT2D eigenvalue weighted by atomic mass is 10.1. The Morgan fingerprint density at radius 3 is 2.64 bits per heavy atom. The van der Waals surface area contributed by atoms with Crippen molar-refractivity contribution in [3.05, 3.63) is 34.1 Å². The molecule has 0 saturated heterocycles. The van der Waals surface area contributed by atoms with Crippen LogP contribution in [0, 0.1) is 24.1 Å². The van der Waals surface area contributed by atoms with Gasteiger partial charge in [-0.3, -0.25) is 0 Å². The Morgan fingerprint density at radius 1 is 1.55 bits per heavy atom. The summed E-state index contributed by atoms with van der Waals surface area (Å²) in [6.45, 7) is 1.62. The van der Waals surface area contributed by atoms with Gasteiger partial charge in [-0.05, 0) is 24.6 Å². The summed E-state index contributed by atoms with van der Waals surface area (Å²) in [6, 6.07) is 4.37. The van der Waals surface area contributed by atoms with Crippen molar-refractivity contribution in [1.29, 1.82) is 5.26 Å². The van der Waals surface area contributed by atoms with Crippen LogP contribution in [0.1, 0.15) is 11.1 Å². The lowest BCUT2D eigenvalue weighted by molar-refractivity contribution is 0.622. The van der Waals surface area contributed by atoms with Gasteiger partial charge in [-0.2, -0.15) is 5.26 Å². The Bertz CT molecular complexity index is 328. The Balaban J connectivity index is 3.44. The molecule has 0 aliphatic heterocycles. The monoisotopic (exact) mass is 169 g/mol. The Kier molecular flexibility index (Phi) is 2.11. The molecular formula is C8H5ClFN. The fourth-order valence-electron chi connectivity index (χ4n) is 0.790. The summed E-state index contributed by atoms with van der Waals surface area (Å²) in [5, 5.41) is 8.89. The van der Waals surface area contributed by atoms with Crippen molar-refractivity contribution in [1.82, 2.24) is 0 Å². The molecule has 0 saturated carbocycles. The number of nitrogens with zero attached hydrogens (tertiary/aromatic N) is 1. The van der Waals surface area contributed by atoms with Gasteiger partial charge in [0, 0.05) is 5.02 Å². The van der Waals surface area contributed by atoms with E-state index in [2.05, 4.69) is 0 Å². The summed E-state index contributed by atoms with van der Waals surface area (Å²) >= 11 is 5.65.